The van der Waals surface area contributed by atoms with Gasteiger partial charge in [-0.2, -0.15) is 0 Å². The Morgan fingerprint density at radius 2 is 2.06 bits per heavy atom. The van der Waals surface area contributed by atoms with Crippen LogP contribution in [0.25, 0.3) is 0 Å². The Morgan fingerprint density at radius 1 is 1.28 bits per heavy atom. The molecule has 1 aliphatic carbocycles. The maximum atomic E-state index is 6.47. The molecule has 0 amide bonds. The maximum Gasteiger partial charge on any atom is 0.0536 e. The molecule has 98 valence electrons. The van der Waals surface area contributed by atoms with E-state index in [9.17, 15) is 0 Å². The van der Waals surface area contributed by atoms with Crippen LogP contribution in [0.3, 0.4) is 0 Å². The first-order chi connectivity index (χ1) is 8.69. The molecule has 1 aromatic rings. The Hall–Kier alpha value is -0.570. The summed E-state index contributed by atoms with van der Waals surface area (Å²) >= 11 is 6.44. The minimum Gasteiger partial charge on any atom is -0.381 e. The van der Waals surface area contributed by atoms with Crippen LogP contribution < -0.4 is 5.73 Å². The normalized spacial score (nSPS) is 26.7. The molecular weight excluding hydrogens is 246 g/mol. The van der Waals surface area contributed by atoms with Crippen molar-refractivity contribution in [3.63, 3.8) is 0 Å². The van der Waals surface area contributed by atoms with Crippen LogP contribution in [0.4, 0.5) is 0 Å². The van der Waals surface area contributed by atoms with Gasteiger partial charge in [0, 0.05) is 23.1 Å². The molecular formula is C15H20ClNO. The minimum atomic E-state index is -0.144. The largest absolute Gasteiger partial charge is 0.381 e. The van der Waals surface area contributed by atoms with Gasteiger partial charge in [0.2, 0.25) is 0 Å². The molecule has 3 heteroatoms. The summed E-state index contributed by atoms with van der Waals surface area (Å²) in [5, 5.41) is 0.861. The summed E-state index contributed by atoms with van der Waals surface area (Å²) in [6.45, 7) is 1.65. The van der Waals surface area contributed by atoms with Gasteiger partial charge in [-0.05, 0) is 36.5 Å². The van der Waals surface area contributed by atoms with Crippen LogP contribution in [0, 0.1) is 0 Å². The van der Waals surface area contributed by atoms with Crippen molar-refractivity contribution in [2.45, 2.75) is 43.6 Å². The van der Waals surface area contributed by atoms with Gasteiger partial charge in [0.05, 0.1) is 6.61 Å². The summed E-state index contributed by atoms with van der Waals surface area (Å²) in [6.07, 6.45) is 5.69. The molecule has 2 nitrogen and oxygen atoms in total. The quantitative estimate of drug-likeness (QED) is 0.887. The molecule has 2 aliphatic rings. The van der Waals surface area contributed by atoms with Crippen molar-refractivity contribution >= 4 is 11.6 Å². The van der Waals surface area contributed by atoms with Crippen LogP contribution >= 0.6 is 11.6 Å². The minimum absolute atomic E-state index is 0.144. The smallest absolute Gasteiger partial charge is 0.0536 e. The average molecular weight is 266 g/mol. The van der Waals surface area contributed by atoms with Gasteiger partial charge in [0.25, 0.3) is 0 Å². The molecule has 1 aromatic carbocycles. The number of halogens is 1. The van der Waals surface area contributed by atoms with E-state index in [2.05, 4.69) is 18.2 Å². The number of hydrogen-bond acceptors (Lipinski definition) is 2. The van der Waals surface area contributed by atoms with Gasteiger partial charge in [-0.3, -0.25) is 0 Å². The van der Waals surface area contributed by atoms with Crippen molar-refractivity contribution in [2.24, 2.45) is 5.73 Å². The Labute approximate surface area is 113 Å². The first-order valence-electron chi connectivity index (χ1n) is 6.86. The molecule has 3 rings (SSSR count). The molecule has 2 N–H and O–H groups in total. The predicted molar refractivity (Wildman–Crippen MR) is 74.0 cm³/mol. The highest BCUT2D eigenvalue weighted by Crippen LogP contribution is 2.39. The Bertz CT molecular complexity index is 434. The predicted octanol–water partition coefficient (Wildman–Crippen LogP) is 3.57. The number of benzene rings is 1. The number of hydrogen-bond donors (Lipinski definition) is 1. The fourth-order valence-corrected chi connectivity index (χ4v) is 3.58. The van der Waals surface area contributed by atoms with Crippen molar-refractivity contribution in [3.8, 4) is 0 Å². The Kier molecular flexibility index (Phi) is 3.35. The van der Waals surface area contributed by atoms with E-state index in [0.717, 1.165) is 37.5 Å². The molecule has 1 aliphatic heterocycles. The Balaban J connectivity index is 1.88. The summed E-state index contributed by atoms with van der Waals surface area (Å²) in [6, 6.07) is 6.41. The van der Waals surface area contributed by atoms with E-state index >= 15 is 0 Å². The summed E-state index contributed by atoms with van der Waals surface area (Å²) in [5.41, 5.74) is 8.75. The van der Waals surface area contributed by atoms with Crippen molar-refractivity contribution < 1.29 is 4.74 Å². The molecule has 0 spiro atoms. The van der Waals surface area contributed by atoms with Crippen molar-refractivity contribution in [3.05, 3.63) is 34.3 Å². The Morgan fingerprint density at radius 3 is 2.67 bits per heavy atom. The fraction of sp³-hybridized carbons (Fsp3) is 0.600. The summed E-state index contributed by atoms with van der Waals surface area (Å²) in [7, 11) is 0. The van der Waals surface area contributed by atoms with E-state index in [4.69, 9.17) is 22.1 Å². The molecule has 0 radical (unpaired) electrons. The second-order valence-electron chi connectivity index (χ2n) is 5.66. The molecule has 2 fully saturated rings. The molecule has 1 saturated carbocycles. The van der Waals surface area contributed by atoms with Crippen LogP contribution in [0.15, 0.2) is 18.2 Å². The average Bonchev–Trinajstić information content (AvgIpc) is 3.00. The van der Waals surface area contributed by atoms with Crippen LogP contribution in [0.1, 0.15) is 49.1 Å². The standard InChI is InChI=1S/C15H20ClNO/c16-14-9-12(15(17)6-1-2-7-15)3-4-13(14)11-5-8-18-10-11/h3-4,9,11H,1-2,5-8,10,17H2. The highest BCUT2D eigenvalue weighted by atomic mass is 35.5. The first-order valence-corrected chi connectivity index (χ1v) is 7.23. The van der Waals surface area contributed by atoms with Crippen molar-refractivity contribution in [2.75, 3.05) is 13.2 Å². The molecule has 1 unspecified atom stereocenters. The molecule has 0 aromatic heterocycles. The molecule has 1 heterocycles. The zero-order chi connectivity index (χ0) is 12.6. The summed E-state index contributed by atoms with van der Waals surface area (Å²) in [4.78, 5) is 0. The van der Waals surface area contributed by atoms with E-state index in [-0.39, 0.29) is 5.54 Å². The third-order valence-electron chi connectivity index (χ3n) is 4.44. The third kappa shape index (κ3) is 2.18. The van der Waals surface area contributed by atoms with E-state index < -0.39 is 0 Å². The third-order valence-corrected chi connectivity index (χ3v) is 4.77. The first kappa shape index (κ1) is 12.5. The SMILES string of the molecule is NC1(c2ccc(C3CCOC3)c(Cl)c2)CCCC1. The lowest BCUT2D eigenvalue weighted by atomic mass is 9.87. The van der Waals surface area contributed by atoms with E-state index in [0.29, 0.717) is 5.92 Å². The molecule has 1 atom stereocenters. The second-order valence-corrected chi connectivity index (χ2v) is 6.07. The lowest BCUT2D eigenvalue weighted by Gasteiger charge is -2.25. The van der Waals surface area contributed by atoms with E-state index in [1.807, 2.05) is 0 Å². The number of nitrogens with two attached hydrogens (primary N) is 1. The monoisotopic (exact) mass is 265 g/mol. The summed E-state index contributed by atoms with van der Waals surface area (Å²) in [5.74, 6) is 0.462. The van der Waals surface area contributed by atoms with Gasteiger partial charge >= 0.3 is 0 Å². The number of ether oxygens (including phenoxy) is 1. The van der Waals surface area contributed by atoms with Gasteiger partial charge in [0.1, 0.15) is 0 Å². The van der Waals surface area contributed by atoms with Gasteiger partial charge < -0.3 is 10.5 Å². The zero-order valence-corrected chi connectivity index (χ0v) is 11.4. The van der Waals surface area contributed by atoms with Crippen LogP contribution in [-0.4, -0.2) is 13.2 Å². The van der Waals surface area contributed by atoms with Crippen molar-refractivity contribution in [1.82, 2.24) is 0 Å². The zero-order valence-electron chi connectivity index (χ0n) is 10.6. The lowest BCUT2D eigenvalue weighted by Crippen LogP contribution is -2.33. The molecule has 0 bridgehead atoms. The highest BCUT2D eigenvalue weighted by Gasteiger charge is 2.32. The fourth-order valence-electron chi connectivity index (χ4n) is 3.24. The molecule has 1 saturated heterocycles. The van der Waals surface area contributed by atoms with Crippen LogP contribution in [0.2, 0.25) is 5.02 Å². The molecule has 18 heavy (non-hydrogen) atoms. The van der Waals surface area contributed by atoms with Crippen LogP contribution in [0.5, 0.6) is 0 Å². The van der Waals surface area contributed by atoms with Gasteiger partial charge in [-0.25, -0.2) is 0 Å². The second kappa shape index (κ2) is 4.84. The summed E-state index contributed by atoms with van der Waals surface area (Å²) < 4.78 is 5.43. The maximum absolute atomic E-state index is 6.47. The highest BCUT2D eigenvalue weighted by molar-refractivity contribution is 6.31. The lowest BCUT2D eigenvalue weighted by molar-refractivity contribution is 0.194. The van der Waals surface area contributed by atoms with Crippen molar-refractivity contribution in [1.29, 1.82) is 0 Å². The van der Waals surface area contributed by atoms with E-state index in [1.165, 1.54) is 24.0 Å². The van der Waals surface area contributed by atoms with Gasteiger partial charge in [0.15, 0.2) is 0 Å². The topological polar surface area (TPSA) is 35.2 Å². The van der Waals surface area contributed by atoms with Gasteiger partial charge in [-0.15, -0.1) is 0 Å². The number of rotatable bonds is 2. The van der Waals surface area contributed by atoms with E-state index in [1.54, 1.807) is 0 Å². The van der Waals surface area contributed by atoms with Gasteiger partial charge in [-0.1, -0.05) is 36.6 Å². The van der Waals surface area contributed by atoms with Crippen LogP contribution in [-0.2, 0) is 10.3 Å².